The molecule has 4 aromatic rings. The molecule has 6 nitrogen and oxygen atoms in total. The van der Waals surface area contributed by atoms with Crippen LogP contribution in [-0.2, 0) is 13.0 Å². The Bertz CT molecular complexity index is 1150. The van der Waals surface area contributed by atoms with Crippen molar-refractivity contribution in [3.05, 3.63) is 82.7 Å². The lowest BCUT2D eigenvalue weighted by Crippen LogP contribution is -2.25. The number of rotatable bonds is 7. The van der Waals surface area contributed by atoms with Crippen LogP contribution in [0.4, 0.5) is 0 Å². The predicted molar refractivity (Wildman–Crippen MR) is 112 cm³/mol. The zero-order valence-electron chi connectivity index (χ0n) is 16.1. The highest BCUT2D eigenvalue weighted by atomic mass is 35.5. The number of nitrogens with one attached hydrogen (secondary N) is 1. The van der Waals surface area contributed by atoms with Crippen molar-refractivity contribution in [3.8, 4) is 0 Å². The fourth-order valence-corrected chi connectivity index (χ4v) is 3.42. The summed E-state index contributed by atoms with van der Waals surface area (Å²) in [5, 5.41) is 3.63. The Hall–Kier alpha value is -3.12. The number of oxazole rings is 1. The highest BCUT2D eigenvalue weighted by Crippen LogP contribution is 2.20. The van der Waals surface area contributed by atoms with Gasteiger partial charge in [-0.05, 0) is 49.2 Å². The van der Waals surface area contributed by atoms with Crippen molar-refractivity contribution in [2.75, 3.05) is 6.54 Å². The molecule has 148 valence electrons. The van der Waals surface area contributed by atoms with Gasteiger partial charge in [0.2, 0.25) is 0 Å². The summed E-state index contributed by atoms with van der Waals surface area (Å²) in [6.07, 6.45) is 5.10. The number of carbonyl (C=O) groups excluding carboxylic acids is 1. The van der Waals surface area contributed by atoms with Gasteiger partial charge in [-0.1, -0.05) is 23.7 Å². The number of imidazole rings is 1. The Labute approximate surface area is 173 Å². The fraction of sp³-hybridized carbons (Fsp3) is 0.227. The van der Waals surface area contributed by atoms with E-state index in [-0.39, 0.29) is 5.91 Å². The Morgan fingerprint density at radius 2 is 2.14 bits per heavy atom. The highest BCUT2D eigenvalue weighted by molar-refractivity contribution is 6.30. The average Bonchev–Trinajstić information content (AvgIpc) is 3.29. The lowest BCUT2D eigenvalue weighted by Gasteiger charge is -2.07. The summed E-state index contributed by atoms with van der Waals surface area (Å²) in [5.74, 6) is 1.44. The number of nitrogens with zero attached hydrogens (tertiary/aromatic N) is 3. The zero-order chi connectivity index (χ0) is 20.2. The Kier molecular flexibility index (Phi) is 5.62. The van der Waals surface area contributed by atoms with Crippen molar-refractivity contribution < 1.29 is 9.21 Å². The molecule has 0 fully saturated rings. The molecule has 1 N–H and O–H groups in total. The molecule has 2 heterocycles. The quantitative estimate of drug-likeness (QED) is 0.460. The van der Waals surface area contributed by atoms with Gasteiger partial charge < -0.3 is 14.3 Å². The molecule has 7 heteroatoms. The van der Waals surface area contributed by atoms with Crippen LogP contribution in [0.5, 0.6) is 0 Å². The number of hydrogen-bond acceptors (Lipinski definition) is 4. The first kappa shape index (κ1) is 19.2. The zero-order valence-corrected chi connectivity index (χ0v) is 16.8. The van der Waals surface area contributed by atoms with Crippen LogP contribution in [0.1, 0.15) is 34.1 Å². The monoisotopic (exact) mass is 408 g/mol. The number of benzene rings is 2. The SMILES string of the molecule is Cc1nccn1CCCNC(=O)c1ccc2nc(Cc3cccc(Cl)c3)oc2c1. The normalized spacial score (nSPS) is 11.1. The van der Waals surface area contributed by atoms with Gasteiger partial charge in [-0.2, -0.15) is 0 Å². The lowest BCUT2D eigenvalue weighted by molar-refractivity contribution is 0.0952. The molecule has 0 saturated heterocycles. The van der Waals surface area contributed by atoms with E-state index in [2.05, 4.69) is 19.9 Å². The summed E-state index contributed by atoms with van der Waals surface area (Å²) in [4.78, 5) is 21.1. The van der Waals surface area contributed by atoms with E-state index < -0.39 is 0 Å². The van der Waals surface area contributed by atoms with Gasteiger partial charge >= 0.3 is 0 Å². The van der Waals surface area contributed by atoms with Gasteiger partial charge in [0, 0.05) is 42.5 Å². The predicted octanol–water partition coefficient (Wildman–Crippen LogP) is 4.40. The number of carbonyl (C=O) groups is 1. The largest absolute Gasteiger partial charge is 0.440 e. The van der Waals surface area contributed by atoms with Crippen LogP contribution in [-0.4, -0.2) is 27.0 Å². The van der Waals surface area contributed by atoms with Gasteiger partial charge in [-0.25, -0.2) is 9.97 Å². The lowest BCUT2D eigenvalue weighted by atomic mass is 10.1. The molecule has 0 saturated carbocycles. The molecule has 0 aliphatic rings. The van der Waals surface area contributed by atoms with E-state index in [1.807, 2.05) is 43.5 Å². The smallest absolute Gasteiger partial charge is 0.251 e. The summed E-state index contributed by atoms with van der Waals surface area (Å²) in [5.41, 5.74) is 2.91. The molecule has 29 heavy (non-hydrogen) atoms. The summed E-state index contributed by atoms with van der Waals surface area (Å²) < 4.78 is 7.91. The van der Waals surface area contributed by atoms with E-state index >= 15 is 0 Å². The summed E-state index contributed by atoms with van der Waals surface area (Å²) in [6.45, 7) is 3.37. The van der Waals surface area contributed by atoms with Crippen molar-refractivity contribution in [2.24, 2.45) is 0 Å². The summed E-state index contributed by atoms with van der Waals surface area (Å²) >= 11 is 6.03. The van der Waals surface area contributed by atoms with Crippen molar-refractivity contribution in [1.29, 1.82) is 0 Å². The Morgan fingerprint density at radius 3 is 2.93 bits per heavy atom. The molecule has 0 aliphatic carbocycles. The van der Waals surface area contributed by atoms with Crippen molar-refractivity contribution in [3.63, 3.8) is 0 Å². The minimum absolute atomic E-state index is 0.123. The van der Waals surface area contributed by atoms with Crippen molar-refractivity contribution in [2.45, 2.75) is 26.3 Å². The van der Waals surface area contributed by atoms with E-state index in [0.717, 1.165) is 29.9 Å². The first-order valence-corrected chi connectivity index (χ1v) is 9.86. The van der Waals surface area contributed by atoms with Crippen LogP contribution in [0, 0.1) is 6.92 Å². The molecule has 0 unspecified atom stereocenters. The average molecular weight is 409 g/mol. The third-order valence-electron chi connectivity index (χ3n) is 4.72. The van der Waals surface area contributed by atoms with Gasteiger partial charge in [0.15, 0.2) is 11.5 Å². The Morgan fingerprint density at radius 1 is 1.24 bits per heavy atom. The van der Waals surface area contributed by atoms with E-state index in [1.54, 1.807) is 18.3 Å². The fourth-order valence-electron chi connectivity index (χ4n) is 3.20. The molecule has 1 amide bonds. The first-order chi connectivity index (χ1) is 14.1. The second-order valence-electron chi connectivity index (χ2n) is 6.87. The van der Waals surface area contributed by atoms with Crippen LogP contribution in [0.2, 0.25) is 5.02 Å². The van der Waals surface area contributed by atoms with Gasteiger partial charge in [-0.15, -0.1) is 0 Å². The van der Waals surface area contributed by atoms with Gasteiger partial charge in [-0.3, -0.25) is 4.79 Å². The third kappa shape index (κ3) is 4.66. The number of aromatic nitrogens is 3. The third-order valence-corrected chi connectivity index (χ3v) is 4.96. The Balaban J connectivity index is 1.37. The molecule has 0 atom stereocenters. The van der Waals surface area contributed by atoms with Gasteiger partial charge in [0.1, 0.15) is 11.3 Å². The van der Waals surface area contributed by atoms with Gasteiger partial charge in [0.05, 0.1) is 0 Å². The first-order valence-electron chi connectivity index (χ1n) is 9.48. The summed E-state index contributed by atoms with van der Waals surface area (Å²) in [7, 11) is 0. The molecule has 4 rings (SSSR count). The minimum Gasteiger partial charge on any atom is -0.440 e. The number of halogens is 1. The molecular formula is C22H21ClN4O2. The van der Waals surface area contributed by atoms with Crippen LogP contribution >= 0.6 is 11.6 Å². The van der Waals surface area contributed by atoms with E-state index in [0.29, 0.717) is 35.0 Å². The van der Waals surface area contributed by atoms with Crippen LogP contribution in [0.25, 0.3) is 11.1 Å². The molecule has 0 spiro atoms. The molecule has 2 aromatic heterocycles. The number of hydrogen-bond donors (Lipinski definition) is 1. The topological polar surface area (TPSA) is 73.0 Å². The molecule has 2 aromatic carbocycles. The van der Waals surface area contributed by atoms with Gasteiger partial charge in [0.25, 0.3) is 5.91 Å². The second kappa shape index (κ2) is 8.49. The van der Waals surface area contributed by atoms with E-state index in [4.69, 9.17) is 16.0 Å². The van der Waals surface area contributed by atoms with Crippen LogP contribution < -0.4 is 5.32 Å². The number of amides is 1. The highest BCUT2D eigenvalue weighted by Gasteiger charge is 2.11. The molecular weight excluding hydrogens is 388 g/mol. The number of fused-ring (bicyclic) bond motifs is 1. The maximum atomic E-state index is 12.4. The van der Waals surface area contributed by atoms with Crippen LogP contribution in [0.15, 0.2) is 59.3 Å². The molecule has 0 bridgehead atoms. The standard InChI is InChI=1S/C22H21ClN4O2/c1-15-24-9-11-27(15)10-3-8-25-22(28)17-6-7-19-20(14-17)29-21(26-19)13-16-4-2-5-18(23)12-16/h2,4-7,9,11-12,14H,3,8,10,13H2,1H3,(H,25,28). The van der Waals surface area contributed by atoms with E-state index in [1.165, 1.54) is 0 Å². The summed E-state index contributed by atoms with van der Waals surface area (Å²) in [6, 6.07) is 12.9. The van der Waals surface area contributed by atoms with E-state index in [9.17, 15) is 4.79 Å². The minimum atomic E-state index is -0.123. The maximum absolute atomic E-state index is 12.4. The second-order valence-corrected chi connectivity index (χ2v) is 7.31. The van der Waals surface area contributed by atoms with Crippen molar-refractivity contribution in [1.82, 2.24) is 19.9 Å². The molecule has 0 aliphatic heterocycles. The molecule has 0 radical (unpaired) electrons. The maximum Gasteiger partial charge on any atom is 0.251 e. The van der Waals surface area contributed by atoms with Crippen LogP contribution in [0.3, 0.4) is 0 Å². The van der Waals surface area contributed by atoms with Crippen molar-refractivity contribution >= 4 is 28.6 Å². The number of aryl methyl sites for hydroxylation is 2.